The van der Waals surface area contributed by atoms with Crippen LogP contribution in [0.25, 0.3) is 0 Å². The van der Waals surface area contributed by atoms with Gasteiger partial charge in [0.15, 0.2) is 0 Å². The SMILES string of the molecule is CCC[P+](CC([Si](OC)(OC)OC)[Si](OC)(OC)OC)(c1ccccc1)c1ccccc1. The third-order valence-electron chi connectivity index (χ3n) is 6.16. The highest BCUT2D eigenvalue weighted by molar-refractivity contribution is 7.89. The summed E-state index contributed by atoms with van der Waals surface area (Å²) >= 11 is 0. The molecule has 2 aromatic rings. The molecule has 0 fully saturated rings. The van der Waals surface area contributed by atoms with Crippen molar-refractivity contribution in [3.63, 3.8) is 0 Å². The van der Waals surface area contributed by atoms with Crippen LogP contribution in [-0.2, 0) is 26.6 Å². The zero-order chi connectivity index (χ0) is 23.7. The van der Waals surface area contributed by atoms with Crippen molar-refractivity contribution in [3.8, 4) is 0 Å². The first-order chi connectivity index (χ1) is 15.5. The molecule has 0 heterocycles. The van der Waals surface area contributed by atoms with E-state index < -0.39 is 24.9 Å². The van der Waals surface area contributed by atoms with Crippen LogP contribution in [0.15, 0.2) is 60.7 Å². The smallest absolute Gasteiger partial charge is 0.377 e. The molecular formula is C23H38O6PSi2+. The molecule has 0 N–H and O–H groups in total. The van der Waals surface area contributed by atoms with Crippen molar-refractivity contribution in [2.24, 2.45) is 0 Å². The Kier molecular flexibility index (Phi) is 10.7. The maximum atomic E-state index is 6.01. The van der Waals surface area contributed by atoms with E-state index >= 15 is 0 Å². The Balaban J connectivity index is 2.83. The van der Waals surface area contributed by atoms with Gasteiger partial charge in [-0.05, 0) is 30.7 Å². The highest BCUT2D eigenvalue weighted by Crippen LogP contribution is 2.61. The second kappa shape index (κ2) is 12.5. The third kappa shape index (κ3) is 5.24. The lowest BCUT2D eigenvalue weighted by Gasteiger charge is -2.42. The average molecular weight is 498 g/mol. The van der Waals surface area contributed by atoms with E-state index in [-0.39, 0.29) is 5.16 Å². The molecular weight excluding hydrogens is 459 g/mol. The Morgan fingerprint density at radius 1 is 0.625 bits per heavy atom. The topological polar surface area (TPSA) is 55.4 Å². The summed E-state index contributed by atoms with van der Waals surface area (Å²) in [4.78, 5) is 0. The van der Waals surface area contributed by atoms with Gasteiger partial charge in [-0.25, -0.2) is 0 Å². The van der Waals surface area contributed by atoms with Crippen LogP contribution >= 0.6 is 7.26 Å². The van der Waals surface area contributed by atoms with Crippen LogP contribution in [0.4, 0.5) is 0 Å². The number of benzene rings is 2. The van der Waals surface area contributed by atoms with Crippen molar-refractivity contribution in [1.29, 1.82) is 0 Å². The molecule has 0 aromatic heterocycles. The lowest BCUT2D eigenvalue weighted by Crippen LogP contribution is -2.64. The van der Waals surface area contributed by atoms with Gasteiger partial charge in [-0.2, -0.15) is 0 Å². The molecule has 0 spiro atoms. The molecule has 0 bridgehead atoms. The summed E-state index contributed by atoms with van der Waals surface area (Å²) in [5, 5.41) is 2.35. The van der Waals surface area contributed by atoms with Crippen molar-refractivity contribution in [2.45, 2.75) is 18.5 Å². The van der Waals surface area contributed by atoms with Gasteiger partial charge in [-0.3, -0.25) is 0 Å². The highest BCUT2D eigenvalue weighted by Gasteiger charge is 2.68. The minimum absolute atomic E-state index is 0.310. The Labute approximate surface area is 196 Å². The van der Waals surface area contributed by atoms with Crippen LogP contribution in [0, 0.1) is 0 Å². The van der Waals surface area contributed by atoms with E-state index in [1.807, 2.05) is 0 Å². The molecule has 6 nitrogen and oxygen atoms in total. The molecule has 0 aliphatic heterocycles. The van der Waals surface area contributed by atoms with Gasteiger partial charge in [-0.1, -0.05) is 43.3 Å². The van der Waals surface area contributed by atoms with Gasteiger partial charge >= 0.3 is 17.6 Å². The fourth-order valence-electron chi connectivity index (χ4n) is 4.62. The molecule has 0 atom stereocenters. The Morgan fingerprint density at radius 3 is 1.25 bits per heavy atom. The second-order valence-corrected chi connectivity index (χ2v) is 18.1. The molecule has 9 heteroatoms. The minimum atomic E-state index is -3.24. The lowest BCUT2D eigenvalue weighted by molar-refractivity contribution is 0.0832. The molecule has 0 aliphatic carbocycles. The normalized spacial score (nSPS) is 13.0. The van der Waals surface area contributed by atoms with E-state index in [4.69, 9.17) is 26.6 Å². The van der Waals surface area contributed by atoms with E-state index in [9.17, 15) is 0 Å². The fourth-order valence-corrected chi connectivity index (χ4v) is 19.1. The minimum Gasteiger partial charge on any atom is -0.377 e. The summed E-state index contributed by atoms with van der Waals surface area (Å²) in [5.41, 5.74) is 0. The zero-order valence-electron chi connectivity index (χ0n) is 20.4. The van der Waals surface area contributed by atoms with Gasteiger partial charge in [0.2, 0.25) is 0 Å². The zero-order valence-corrected chi connectivity index (χ0v) is 23.3. The fraction of sp³-hybridized carbons (Fsp3) is 0.478. The summed E-state index contributed by atoms with van der Waals surface area (Å²) in [7, 11) is 1.41. The second-order valence-electron chi connectivity index (χ2n) is 7.53. The summed E-state index contributed by atoms with van der Waals surface area (Å²) < 4.78 is 36.1. The van der Waals surface area contributed by atoms with Gasteiger partial charge in [0.25, 0.3) is 0 Å². The van der Waals surface area contributed by atoms with E-state index in [0.717, 1.165) is 18.7 Å². The summed E-state index contributed by atoms with van der Waals surface area (Å²) in [6, 6.07) is 21.5. The van der Waals surface area contributed by atoms with Crippen LogP contribution in [0.1, 0.15) is 13.3 Å². The molecule has 32 heavy (non-hydrogen) atoms. The van der Waals surface area contributed by atoms with E-state index in [0.29, 0.717) is 0 Å². The van der Waals surface area contributed by atoms with Crippen LogP contribution < -0.4 is 10.6 Å². The van der Waals surface area contributed by atoms with Crippen LogP contribution in [0.2, 0.25) is 5.16 Å². The first-order valence-electron chi connectivity index (χ1n) is 10.8. The van der Waals surface area contributed by atoms with Crippen LogP contribution in [0.5, 0.6) is 0 Å². The van der Waals surface area contributed by atoms with E-state index in [1.54, 1.807) is 42.7 Å². The Bertz CT molecular complexity index is 712. The predicted molar refractivity (Wildman–Crippen MR) is 136 cm³/mol. The monoisotopic (exact) mass is 497 g/mol. The van der Waals surface area contributed by atoms with Crippen molar-refractivity contribution in [3.05, 3.63) is 60.7 Å². The van der Waals surface area contributed by atoms with Crippen molar-refractivity contribution >= 4 is 35.5 Å². The Hall–Kier alpha value is -0.936. The third-order valence-corrected chi connectivity index (χ3v) is 19.3. The van der Waals surface area contributed by atoms with Crippen molar-refractivity contribution in [2.75, 3.05) is 55.0 Å². The van der Waals surface area contributed by atoms with E-state index in [2.05, 4.69) is 67.6 Å². The number of hydrogen-bond acceptors (Lipinski definition) is 6. The lowest BCUT2D eigenvalue weighted by atomic mass is 10.4. The Morgan fingerprint density at radius 2 is 0.969 bits per heavy atom. The number of rotatable bonds is 14. The van der Waals surface area contributed by atoms with Crippen molar-refractivity contribution in [1.82, 2.24) is 0 Å². The average Bonchev–Trinajstić information content (AvgIpc) is 2.87. The molecule has 0 unspecified atom stereocenters. The van der Waals surface area contributed by atoms with Gasteiger partial charge in [0.1, 0.15) is 5.16 Å². The maximum absolute atomic E-state index is 6.01. The molecule has 0 amide bonds. The largest absolute Gasteiger partial charge is 0.511 e. The quantitative estimate of drug-likeness (QED) is 0.293. The first-order valence-corrected chi connectivity index (χ1v) is 16.5. The van der Waals surface area contributed by atoms with E-state index in [1.165, 1.54) is 10.6 Å². The molecule has 0 saturated heterocycles. The molecule has 2 rings (SSSR count). The maximum Gasteiger partial charge on any atom is 0.511 e. The number of hydrogen-bond donors (Lipinski definition) is 0. The molecule has 2 aromatic carbocycles. The molecule has 178 valence electrons. The summed E-state index contributed by atoms with van der Waals surface area (Å²) in [6.45, 7) is 2.23. The highest BCUT2D eigenvalue weighted by atomic mass is 31.2. The summed E-state index contributed by atoms with van der Waals surface area (Å²) in [6.07, 6.45) is 2.80. The van der Waals surface area contributed by atoms with Gasteiger partial charge in [0.05, 0.1) is 30.2 Å². The van der Waals surface area contributed by atoms with Crippen molar-refractivity contribution < 1.29 is 26.6 Å². The van der Waals surface area contributed by atoms with Crippen LogP contribution in [0.3, 0.4) is 0 Å². The molecule has 0 saturated carbocycles. The predicted octanol–water partition coefficient (Wildman–Crippen LogP) is 3.73. The first kappa shape index (κ1) is 27.3. The van der Waals surface area contributed by atoms with Gasteiger partial charge in [0, 0.05) is 42.7 Å². The van der Waals surface area contributed by atoms with Crippen LogP contribution in [-0.4, -0.2) is 72.6 Å². The molecule has 0 radical (unpaired) electrons. The summed E-state index contributed by atoms with van der Waals surface area (Å²) in [5.74, 6) is 0. The van der Waals surface area contributed by atoms with Gasteiger partial charge < -0.3 is 26.6 Å². The molecule has 0 aliphatic rings. The van der Waals surface area contributed by atoms with Gasteiger partial charge in [-0.15, -0.1) is 0 Å². The standard InChI is InChI=1S/C23H38O6PSi2/c1-8-19-30(21-15-11-9-12-16-21,22-17-13-10-14-18-22)20-23(31(24-2,25-3)26-4)32(27-5,28-6)29-7/h9-18,23H,8,19-20H2,1-7H3/q+1.